The smallest absolute Gasteiger partial charge is 0.240 e. The van der Waals surface area contributed by atoms with Gasteiger partial charge in [-0.3, -0.25) is 4.79 Å². The molecule has 0 aromatic heterocycles. The van der Waals surface area contributed by atoms with Crippen LogP contribution in [0.5, 0.6) is 0 Å². The van der Waals surface area contributed by atoms with Gasteiger partial charge < -0.3 is 25.3 Å². The number of rotatable bonds is 8. The van der Waals surface area contributed by atoms with Crippen molar-refractivity contribution in [1.29, 1.82) is 0 Å². The maximum atomic E-state index is 11.9. The Bertz CT molecular complexity index is 242. The monoisotopic (exact) mass is 260 g/mol. The predicted octanol–water partition coefficient (Wildman–Crippen LogP) is -0.336. The predicted molar refractivity (Wildman–Crippen MR) is 67.3 cm³/mol. The minimum absolute atomic E-state index is 0.0808. The summed E-state index contributed by atoms with van der Waals surface area (Å²) in [6.07, 6.45) is 1.95. The summed E-state index contributed by atoms with van der Waals surface area (Å²) < 4.78 is 15.4. The van der Waals surface area contributed by atoms with Gasteiger partial charge in [-0.25, -0.2) is 0 Å². The van der Waals surface area contributed by atoms with Gasteiger partial charge in [0.25, 0.3) is 0 Å². The number of carbonyl (C=O) groups is 1. The lowest BCUT2D eigenvalue weighted by molar-refractivity contribution is -0.129. The number of ether oxygens (including phenoxy) is 3. The zero-order valence-electron chi connectivity index (χ0n) is 11.1. The summed E-state index contributed by atoms with van der Waals surface area (Å²) >= 11 is 0. The van der Waals surface area contributed by atoms with Crippen LogP contribution in [0.4, 0.5) is 0 Å². The van der Waals surface area contributed by atoms with Gasteiger partial charge in [0, 0.05) is 33.5 Å². The topological polar surface area (TPSA) is 82.8 Å². The van der Waals surface area contributed by atoms with E-state index in [4.69, 9.17) is 19.9 Å². The number of nitrogens with one attached hydrogen (secondary N) is 1. The third kappa shape index (κ3) is 5.30. The first kappa shape index (κ1) is 15.4. The molecule has 0 bridgehead atoms. The van der Waals surface area contributed by atoms with E-state index < -0.39 is 5.54 Å². The molecule has 0 atom stereocenters. The molecule has 1 rings (SSSR count). The average Bonchev–Trinajstić information content (AvgIpc) is 2.38. The molecule has 1 amide bonds. The standard InChI is InChI=1S/C12H24N2O4/c1-16-9-10-17-6-2-5-14-11(15)12(13)3-7-18-8-4-12/h2-10,13H2,1H3,(H,14,15). The third-order valence-corrected chi connectivity index (χ3v) is 3.02. The molecule has 0 unspecified atom stereocenters. The van der Waals surface area contributed by atoms with E-state index in [0.29, 0.717) is 52.4 Å². The quantitative estimate of drug-likeness (QED) is 0.584. The Labute approximate surface area is 108 Å². The average molecular weight is 260 g/mol. The summed E-state index contributed by atoms with van der Waals surface area (Å²) in [6.45, 7) is 3.50. The molecule has 1 saturated heterocycles. The molecule has 0 saturated carbocycles. The van der Waals surface area contributed by atoms with Crippen LogP contribution in [0.25, 0.3) is 0 Å². The van der Waals surface area contributed by atoms with Gasteiger partial charge in [-0.15, -0.1) is 0 Å². The summed E-state index contributed by atoms with van der Waals surface area (Å²) in [5.74, 6) is -0.0808. The van der Waals surface area contributed by atoms with Gasteiger partial charge in [0.1, 0.15) is 0 Å². The minimum atomic E-state index is -0.755. The molecule has 0 radical (unpaired) electrons. The van der Waals surface area contributed by atoms with Gasteiger partial charge in [0.05, 0.1) is 18.8 Å². The van der Waals surface area contributed by atoms with Crippen LogP contribution in [-0.4, -0.2) is 58.1 Å². The molecule has 18 heavy (non-hydrogen) atoms. The van der Waals surface area contributed by atoms with Crippen molar-refractivity contribution in [3.8, 4) is 0 Å². The highest BCUT2D eigenvalue weighted by Gasteiger charge is 2.35. The second kappa shape index (κ2) is 8.42. The SMILES string of the molecule is COCCOCCCNC(=O)C1(N)CCOCC1. The zero-order chi connectivity index (χ0) is 13.3. The number of amides is 1. The van der Waals surface area contributed by atoms with E-state index in [0.717, 1.165) is 6.42 Å². The summed E-state index contributed by atoms with van der Waals surface area (Å²) in [6, 6.07) is 0. The van der Waals surface area contributed by atoms with Crippen LogP contribution in [0, 0.1) is 0 Å². The molecule has 6 nitrogen and oxygen atoms in total. The van der Waals surface area contributed by atoms with Crippen molar-refractivity contribution in [2.75, 3.05) is 46.7 Å². The molecule has 3 N–H and O–H groups in total. The van der Waals surface area contributed by atoms with Gasteiger partial charge in [-0.1, -0.05) is 0 Å². The summed E-state index contributed by atoms with van der Waals surface area (Å²) in [5, 5.41) is 2.85. The van der Waals surface area contributed by atoms with Crippen molar-refractivity contribution in [2.24, 2.45) is 5.73 Å². The molecule has 1 aliphatic heterocycles. The minimum Gasteiger partial charge on any atom is -0.382 e. The van der Waals surface area contributed by atoms with E-state index in [9.17, 15) is 4.79 Å². The van der Waals surface area contributed by atoms with Crippen LogP contribution in [0.3, 0.4) is 0 Å². The zero-order valence-corrected chi connectivity index (χ0v) is 11.1. The maximum absolute atomic E-state index is 11.9. The van der Waals surface area contributed by atoms with E-state index in [1.807, 2.05) is 0 Å². The van der Waals surface area contributed by atoms with Crippen molar-refractivity contribution in [2.45, 2.75) is 24.8 Å². The Morgan fingerprint density at radius 1 is 1.33 bits per heavy atom. The lowest BCUT2D eigenvalue weighted by atomic mass is 9.90. The van der Waals surface area contributed by atoms with Gasteiger partial charge in [0.2, 0.25) is 5.91 Å². The normalized spacial score (nSPS) is 18.6. The highest BCUT2D eigenvalue weighted by molar-refractivity contribution is 5.86. The first-order valence-corrected chi connectivity index (χ1v) is 6.41. The molecular weight excluding hydrogens is 236 g/mol. The highest BCUT2D eigenvalue weighted by atomic mass is 16.5. The summed E-state index contributed by atoms with van der Waals surface area (Å²) in [7, 11) is 1.64. The Morgan fingerprint density at radius 2 is 2.06 bits per heavy atom. The molecule has 0 spiro atoms. The van der Waals surface area contributed by atoms with E-state index in [1.165, 1.54) is 0 Å². The fourth-order valence-corrected chi connectivity index (χ4v) is 1.76. The van der Waals surface area contributed by atoms with E-state index in [2.05, 4.69) is 5.32 Å². The first-order chi connectivity index (χ1) is 8.69. The Morgan fingerprint density at radius 3 is 2.72 bits per heavy atom. The lowest BCUT2D eigenvalue weighted by Gasteiger charge is -2.31. The number of methoxy groups -OCH3 is 1. The fraction of sp³-hybridized carbons (Fsp3) is 0.917. The highest BCUT2D eigenvalue weighted by Crippen LogP contribution is 2.17. The Kier molecular flexibility index (Phi) is 7.19. The van der Waals surface area contributed by atoms with E-state index in [-0.39, 0.29) is 5.91 Å². The fourth-order valence-electron chi connectivity index (χ4n) is 1.76. The van der Waals surface area contributed by atoms with Crippen molar-refractivity contribution in [3.05, 3.63) is 0 Å². The van der Waals surface area contributed by atoms with Gasteiger partial charge in [-0.05, 0) is 19.3 Å². The molecule has 1 aliphatic rings. The third-order valence-electron chi connectivity index (χ3n) is 3.02. The number of hydrogen-bond acceptors (Lipinski definition) is 5. The van der Waals surface area contributed by atoms with Crippen molar-refractivity contribution >= 4 is 5.91 Å². The summed E-state index contributed by atoms with van der Waals surface area (Å²) in [4.78, 5) is 11.9. The first-order valence-electron chi connectivity index (χ1n) is 6.41. The molecule has 0 aromatic carbocycles. The molecule has 1 fully saturated rings. The molecule has 6 heteroatoms. The maximum Gasteiger partial charge on any atom is 0.240 e. The number of hydrogen-bond donors (Lipinski definition) is 2. The Hall–Kier alpha value is -0.690. The van der Waals surface area contributed by atoms with Crippen molar-refractivity contribution in [3.63, 3.8) is 0 Å². The van der Waals surface area contributed by atoms with Crippen LogP contribution in [0.1, 0.15) is 19.3 Å². The van der Waals surface area contributed by atoms with Crippen LogP contribution in [0.15, 0.2) is 0 Å². The number of carbonyl (C=O) groups excluding carboxylic acids is 1. The number of nitrogens with two attached hydrogens (primary N) is 1. The van der Waals surface area contributed by atoms with Crippen molar-refractivity contribution < 1.29 is 19.0 Å². The van der Waals surface area contributed by atoms with E-state index in [1.54, 1.807) is 7.11 Å². The van der Waals surface area contributed by atoms with Gasteiger partial charge in [0.15, 0.2) is 0 Å². The van der Waals surface area contributed by atoms with Crippen LogP contribution in [-0.2, 0) is 19.0 Å². The molecule has 0 aromatic rings. The van der Waals surface area contributed by atoms with Crippen LogP contribution in [0.2, 0.25) is 0 Å². The second-order valence-corrected chi connectivity index (χ2v) is 4.48. The molecule has 1 heterocycles. The van der Waals surface area contributed by atoms with E-state index >= 15 is 0 Å². The van der Waals surface area contributed by atoms with Crippen LogP contribution >= 0.6 is 0 Å². The van der Waals surface area contributed by atoms with Crippen molar-refractivity contribution in [1.82, 2.24) is 5.32 Å². The molecular formula is C12H24N2O4. The van der Waals surface area contributed by atoms with Crippen LogP contribution < -0.4 is 11.1 Å². The van der Waals surface area contributed by atoms with Gasteiger partial charge >= 0.3 is 0 Å². The molecule has 0 aliphatic carbocycles. The second-order valence-electron chi connectivity index (χ2n) is 4.48. The lowest BCUT2D eigenvalue weighted by Crippen LogP contribution is -2.57. The Balaban J connectivity index is 2.05. The largest absolute Gasteiger partial charge is 0.382 e. The molecule has 106 valence electrons. The van der Waals surface area contributed by atoms with Gasteiger partial charge in [-0.2, -0.15) is 0 Å². The summed E-state index contributed by atoms with van der Waals surface area (Å²) in [5.41, 5.74) is 5.29.